The highest BCUT2D eigenvalue weighted by atomic mass is 16.5. The second kappa shape index (κ2) is 4.26. The van der Waals surface area contributed by atoms with Crippen molar-refractivity contribution >= 4 is 12.8 Å². The minimum absolute atomic E-state index is 0.524. The second-order valence-corrected chi connectivity index (χ2v) is 3.72. The lowest BCUT2D eigenvalue weighted by atomic mass is 9.80. The Morgan fingerprint density at radius 1 is 1.33 bits per heavy atom. The van der Waals surface area contributed by atoms with Crippen molar-refractivity contribution < 1.29 is 9.53 Å². The highest BCUT2D eigenvalue weighted by Crippen LogP contribution is 2.36. The maximum atomic E-state index is 10.8. The Kier molecular flexibility index (Phi) is 2.81. The molecule has 78 valence electrons. The molecule has 1 aromatic rings. The number of hydrogen-bond acceptors (Lipinski definition) is 2. The third kappa shape index (κ3) is 2.24. The molecule has 0 aromatic heterocycles. The van der Waals surface area contributed by atoms with Crippen LogP contribution in [-0.2, 0) is 0 Å². The fourth-order valence-corrected chi connectivity index (χ4v) is 1.68. The van der Waals surface area contributed by atoms with Crippen LogP contribution in [0.3, 0.4) is 0 Å². The molecule has 0 unspecified atom stereocenters. The van der Waals surface area contributed by atoms with Gasteiger partial charge < -0.3 is 4.74 Å². The van der Waals surface area contributed by atoms with Gasteiger partial charge in [0, 0.05) is 0 Å². The zero-order valence-corrected chi connectivity index (χ0v) is 8.48. The molecule has 0 saturated heterocycles. The zero-order valence-electron chi connectivity index (χ0n) is 8.48. The fraction of sp³-hybridized carbons (Fsp3) is 0.333. The molecule has 1 aliphatic rings. The van der Waals surface area contributed by atoms with Crippen LogP contribution in [0.15, 0.2) is 29.3 Å². The third-order valence-electron chi connectivity index (χ3n) is 2.79. The Bertz CT molecular complexity index is 366. The Morgan fingerprint density at radius 2 is 2.00 bits per heavy atom. The average Bonchev–Trinajstić information content (AvgIpc) is 2.18. The van der Waals surface area contributed by atoms with Crippen molar-refractivity contribution in [3.05, 3.63) is 29.8 Å². The first-order chi connectivity index (χ1) is 7.29. The van der Waals surface area contributed by atoms with Crippen LogP contribution in [0.1, 0.15) is 30.7 Å². The number of amides is 1. The van der Waals surface area contributed by atoms with E-state index in [4.69, 9.17) is 4.74 Å². The van der Waals surface area contributed by atoms with E-state index in [0.29, 0.717) is 11.7 Å². The lowest BCUT2D eigenvalue weighted by Gasteiger charge is -2.25. The fourth-order valence-electron chi connectivity index (χ4n) is 1.68. The molecule has 0 spiro atoms. The van der Waals surface area contributed by atoms with Gasteiger partial charge in [-0.2, -0.15) is 4.99 Å². The van der Waals surface area contributed by atoms with Gasteiger partial charge in [-0.15, -0.1) is 0 Å². The molecule has 1 amide bonds. The van der Waals surface area contributed by atoms with Crippen LogP contribution in [0.4, 0.5) is 4.79 Å². The summed E-state index contributed by atoms with van der Waals surface area (Å²) in [6.45, 7) is 3.10. The summed E-state index contributed by atoms with van der Waals surface area (Å²) in [6, 6.07) is 7.62. The molecule has 3 nitrogen and oxygen atoms in total. The van der Waals surface area contributed by atoms with Gasteiger partial charge >= 0.3 is 6.09 Å². The molecule has 2 rings (SSSR count). The van der Waals surface area contributed by atoms with E-state index in [-0.39, 0.29) is 0 Å². The van der Waals surface area contributed by atoms with E-state index >= 15 is 0 Å². The minimum atomic E-state index is -0.661. The van der Waals surface area contributed by atoms with Gasteiger partial charge in [-0.05, 0) is 43.2 Å². The monoisotopic (exact) mass is 203 g/mol. The molecule has 1 saturated carbocycles. The maximum absolute atomic E-state index is 10.8. The van der Waals surface area contributed by atoms with Crippen molar-refractivity contribution in [2.24, 2.45) is 4.99 Å². The Labute approximate surface area is 88.8 Å². The van der Waals surface area contributed by atoms with Gasteiger partial charge in [0.1, 0.15) is 5.75 Å². The second-order valence-electron chi connectivity index (χ2n) is 3.72. The summed E-state index contributed by atoms with van der Waals surface area (Å²) in [5.74, 6) is 1.22. The number of carbonyl (C=O) groups excluding carboxylic acids is 1. The van der Waals surface area contributed by atoms with Gasteiger partial charge in [0.2, 0.25) is 0 Å². The van der Waals surface area contributed by atoms with Crippen LogP contribution in [0, 0.1) is 0 Å². The van der Waals surface area contributed by atoms with Crippen LogP contribution in [-0.4, -0.2) is 12.8 Å². The number of carbonyl (C=O) groups is 1. The van der Waals surface area contributed by atoms with E-state index in [0.717, 1.165) is 0 Å². The van der Waals surface area contributed by atoms with Crippen molar-refractivity contribution in [1.29, 1.82) is 0 Å². The van der Waals surface area contributed by atoms with E-state index in [2.05, 4.69) is 11.7 Å². The SMILES string of the molecule is C=NC(=O)Oc1ccc(C2CCC2)cc1. The number of nitrogens with zero attached hydrogens (tertiary/aromatic N) is 1. The van der Waals surface area contributed by atoms with Crippen molar-refractivity contribution in [3.63, 3.8) is 0 Å². The highest BCUT2D eigenvalue weighted by molar-refractivity contribution is 5.75. The quantitative estimate of drug-likeness (QED) is 0.692. The molecule has 1 aromatic carbocycles. The molecule has 0 heterocycles. The Morgan fingerprint density at radius 3 is 2.47 bits per heavy atom. The van der Waals surface area contributed by atoms with Gasteiger partial charge in [0.05, 0.1) is 0 Å². The highest BCUT2D eigenvalue weighted by Gasteiger charge is 2.19. The number of hydrogen-bond donors (Lipinski definition) is 0. The molecular weight excluding hydrogens is 190 g/mol. The van der Waals surface area contributed by atoms with E-state index in [1.165, 1.54) is 24.8 Å². The Balaban J connectivity index is 2.03. The number of aliphatic imine (C=N–C) groups is 1. The van der Waals surface area contributed by atoms with Gasteiger partial charge in [-0.25, -0.2) is 4.79 Å². The van der Waals surface area contributed by atoms with Crippen molar-refractivity contribution in [3.8, 4) is 5.75 Å². The summed E-state index contributed by atoms with van der Waals surface area (Å²) in [7, 11) is 0. The molecule has 15 heavy (non-hydrogen) atoms. The standard InChI is InChI=1S/C12H13NO2/c1-13-12(14)15-11-7-5-10(6-8-11)9-3-2-4-9/h5-9H,1-4H2. The predicted octanol–water partition coefficient (Wildman–Crippen LogP) is 3.15. The van der Waals surface area contributed by atoms with Crippen LogP contribution in [0.2, 0.25) is 0 Å². The molecule has 3 heteroatoms. The minimum Gasteiger partial charge on any atom is -0.409 e. The lowest BCUT2D eigenvalue weighted by molar-refractivity contribution is 0.211. The van der Waals surface area contributed by atoms with Crippen molar-refractivity contribution in [2.75, 3.05) is 0 Å². The largest absolute Gasteiger partial charge is 0.438 e. The molecule has 0 N–H and O–H groups in total. The van der Waals surface area contributed by atoms with Gasteiger partial charge in [-0.1, -0.05) is 18.6 Å². The van der Waals surface area contributed by atoms with Gasteiger partial charge in [0.15, 0.2) is 0 Å². The van der Waals surface area contributed by atoms with Crippen LogP contribution >= 0.6 is 0 Å². The molecule has 0 aliphatic heterocycles. The summed E-state index contributed by atoms with van der Waals surface area (Å²) in [5.41, 5.74) is 1.33. The van der Waals surface area contributed by atoms with Gasteiger partial charge in [0.25, 0.3) is 0 Å². The number of rotatable bonds is 2. The molecule has 1 aliphatic carbocycles. The number of ether oxygens (including phenoxy) is 1. The average molecular weight is 203 g/mol. The molecule has 1 fully saturated rings. The lowest BCUT2D eigenvalue weighted by Crippen LogP contribution is -2.08. The van der Waals surface area contributed by atoms with Crippen LogP contribution < -0.4 is 4.74 Å². The van der Waals surface area contributed by atoms with Crippen LogP contribution in [0.5, 0.6) is 5.75 Å². The predicted molar refractivity (Wildman–Crippen MR) is 58.6 cm³/mol. The van der Waals surface area contributed by atoms with E-state index in [9.17, 15) is 4.79 Å². The zero-order chi connectivity index (χ0) is 10.7. The summed E-state index contributed by atoms with van der Waals surface area (Å²) in [4.78, 5) is 14.0. The normalized spacial score (nSPS) is 15.5. The maximum Gasteiger partial charge on any atom is 0.438 e. The van der Waals surface area contributed by atoms with Crippen molar-refractivity contribution in [1.82, 2.24) is 0 Å². The van der Waals surface area contributed by atoms with E-state index in [1.54, 1.807) is 12.1 Å². The summed E-state index contributed by atoms with van der Waals surface area (Å²) in [5, 5.41) is 0. The summed E-state index contributed by atoms with van der Waals surface area (Å²) < 4.78 is 4.88. The van der Waals surface area contributed by atoms with E-state index < -0.39 is 6.09 Å². The van der Waals surface area contributed by atoms with E-state index in [1.807, 2.05) is 12.1 Å². The molecule has 0 radical (unpaired) electrons. The first-order valence-corrected chi connectivity index (χ1v) is 5.08. The number of benzene rings is 1. The smallest absolute Gasteiger partial charge is 0.409 e. The molecule has 0 atom stereocenters. The summed E-state index contributed by atoms with van der Waals surface area (Å²) in [6.07, 6.45) is 3.20. The molecule has 0 bridgehead atoms. The third-order valence-corrected chi connectivity index (χ3v) is 2.79. The topological polar surface area (TPSA) is 38.7 Å². The van der Waals surface area contributed by atoms with Crippen molar-refractivity contribution in [2.45, 2.75) is 25.2 Å². The van der Waals surface area contributed by atoms with Crippen LogP contribution in [0.25, 0.3) is 0 Å². The first kappa shape index (κ1) is 9.90. The van der Waals surface area contributed by atoms with Gasteiger partial charge in [-0.3, -0.25) is 0 Å². The first-order valence-electron chi connectivity index (χ1n) is 5.08. The Hall–Kier alpha value is -1.64. The molecular formula is C12H13NO2. The summed E-state index contributed by atoms with van der Waals surface area (Å²) >= 11 is 0.